The van der Waals surface area contributed by atoms with Crippen LogP contribution in [-0.2, 0) is 6.61 Å². The van der Waals surface area contributed by atoms with Crippen LogP contribution >= 0.6 is 23.2 Å². The summed E-state index contributed by atoms with van der Waals surface area (Å²) in [6.45, 7) is 2.59. The fourth-order valence-electron chi connectivity index (χ4n) is 1.90. The van der Waals surface area contributed by atoms with E-state index in [1.54, 1.807) is 18.2 Å². The largest absolute Gasteiger partial charge is 0.490 e. The molecular formula is C16H15Cl2NO3. The molecule has 0 aliphatic carbocycles. The number of hydrogen-bond donors (Lipinski definition) is 1. The summed E-state index contributed by atoms with van der Waals surface area (Å²) in [6, 6.07) is 10.7. The van der Waals surface area contributed by atoms with E-state index in [1.165, 1.54) is 6.21 Å². The van der Waals surface area contributed by atoms with Gasteiger partial charge in [-0.2, -0.15) is 0 Å². The zero-order valence-electron chi connectivity index (χ0n) is 11.9. The van der Waals surface area contributed by atoms with Crippen molar-refractivity contribution < 1.29 is 14.7 Å². The Hall–Kier alpha value is -1.91. The topological polar surface area (TPSA) is 51.0 Å². The first-order valence-corrected chi connectivity index (χ1v) is 7.41. The Kier molecular flexibility index (Phi) is 5.92. The molecule has 0 atom stereocenters. The maximum Gasteiger partial charge on any atom is 0.180 e. The highest BCUT2D eigenvalue weighted by molar-refractivity contribution is 6.32. The maximum absolute atomic E-state index is 8.62. The minimum atomic E-state index is 0.271. The van der Waals surface area contributed by atoms with Gasteiger partial charge in [-0.25, -0.2) is 0 Å². The zero-order chi connectivity index (χ0) is 15.9. The summed E-state index contributed by atoms with van der Waals surface area (Å²) in [5, 5.41) is 12.6. The van der Waals surface area contributed by atoms with E-state index in [2.05, 4.69) is 5.16 Å². The lowest BCUT2D eigenvalue weighted by Crippen LogP contribution is -2.01. The average molecular weight is 340 g/mol. The fourth-order valence-corrected chi connectivity index (χ4v) is 2.36. The summed E-state index contributed by atoms with van der Waals surface area (Å²) in [6.07, 6.45) is 1.27. The van der Waals surface area contributed by atoms with E-state index in [9.17, 15) is 0 Å². The molecule has 6 heteroatoms. The van der Waals surface area contributed by atoms with Crippen molar-refractivity contribution in [3.8, 4) is 11.5 Å². The van der Waals surface area contributed by atoms with Crippen LogP contribution in [0.1, 0.15) is 18.1 Å². The molecule has 1 N–H and O–H groups in total. The number of oxime groups is 1. The van der Waals surface area contributed by atoms with Crippen LogP contribution in [0.3, 0.4) is 0 Å². The molecule has 0 aliphatic rings. The Labute approximate surface area is 138 Å². The summed E-state index contributed by atoms with van der Waals surface area (Å²) in [5.74, 6) is 0.912. The summed E-state index contributed by atoms with van der Waals surface area (Å²) >= 11 is 12.3. The van der Waals surface area contributed by atoms with Crippen molar-refractivity contribution in [1.82, 2.24) is 0 Å². The van der Waals surface area contributed by atoms with Gasteiger partial charge in [0.05, 0.1) is 17.8 Å². The van der Waals surface area contributed by atoms with Crippen LogP contribution in [0.25, 0.3) is 0 Å². The third-order valence-corrected chi connectivity index (χ3v) is 3.52. The van der Waals surface area contributed by atoms with Crippen LogP contribution in [0.15, 0.2) is 41.6 Å². The van der Waals surface area contributed by atoms with Gasteiger partial charge in [-0.15, -0.1) is 0 Å². The number of halogens is 2. The highest BCUT2D eigenvalue weighted by Gasteiger charge is 2.13. The van der Waals surface area contributed by atoms with Crippen molar-refractivity contribution in [2.24, 2.45) is 5.16 Å². The first-order chi connectivity index (χ1) is 10.7. The monoisotopic (exact) mass is 339 g/mol. The quantitative estimate of drug-likeness (QED) is 0.468. The molecule has 0 heterocycles. The Morgan fingerprint density at radius 1 is 1.14 bits per heavy atom. The predicted octanol–water partition coefficient (Wildman–Crippen LogP) is 4.78. The highest BCUT2D eigenvalue weighted by atomic mass is 35.5. The standard InChI is InChI=1S/C16H15Cl2NO3/c1-2-21-15-8-11(9-19-20)7-14(18)16(15)22-10-12-5-3-4-6-13(12)17/h3-9,20H,2,10H2,1H3/b19-9-. The van der Waals surface area contributed by atoms with E-state index in [0.717, 1.165) is 5.56 Å². The van der Waals surface area contributed by atoms with E-state index < -0.39 is 0 Å². The molecule has 0 unspecified atom stereocenters. The van der Waals surface area contributed by atoms with Crippen molar-refractivity contribution in [2.45, 2.75) is 13.5 Å². The molecule has 0 saturated heterocycles. The molecule has 2 aromatic carbocycles. The van der Waals surface area contributed by atoms with Gasteiger partial charge >= 0.3 is 0 Å². The average Bonchev–Trinajstić information content (AvgIpc) is 2.49. The normalized spacial score (nSPS) is 10.9. The van der Waals surface area contributed by atoms with Crippen LogP contribution in [0.5, 0.6) is 11.5 Å². The van der Waals surface area contributed by atoms with Crippen molar-refractivity contribution in [2.75, 3.05) is 6.61 Å². The first-order valence-electron chi connectivity index (χ1n) is 6.65. The second kappa shape index (κ2) is 7.92. The van der Waals surface area contributed by atoms with Gasteiger partial charge in [-0.3, -0.25) is 0 Å². The fraction of sp³-hybridized carbons (Fsp3) is 0.188. The van der Waals surface area contributed by atoms with Crippen LogP contribution in [0, 0.1) is 0 Å². The van der Waals surface area contributed by atoms with Gasteiger partial charge in [0.15, 0.2) is 11.5 Å². The molecular weight excluding hydrogens is 325 g/mol. The lowest BCUT2D eigenvalue weighted by atomic mass is 10.2. The lowest BCUT2D eigenvalue weighted by Gasteiger charge is -2.14. The second-order valence-electron chi connectivity index (χ2n) is 4.39. The van der Waals surface area contributed by atoms with E-state index in [-0.39, 0.29) is 6.61 Å². The SMILES string of the molecule is CCOc1cc(/C=N\O)cc(Cl)c1OCc1ccccc1Cl. The Bertz CT molecular complexity index is 674. The molecule has 22 heavy (non-hydrogen) atoms. The van der Waals surface area contributed by atoms with Gasteiger partial charge in [0.25, 0.3) is 0 Å². The molecule has 0 amide bonds. The summed E-state index contributed by atoms with van der Waals surface area (Å²) < 4.78 is 11.3. The van der Waals surface area contributed by atoms with E-state index in [4.69, 9.17) is 37.9 Å². The van der Waals surface area contributed by atoms with Gasteiger partial charge < -0.3 is 14.7 Å². The van der Waals surface area contributed by atoms with Crippen LogP contribution in [0.4, 0.5) is 0 Å². The van der Waals surface area contributed by atoms with Crippen LogP contribution in [0.2, 0.25) is 10.0 Å². The molecule has 116 valence electrons. The molecule has 2 rings (SSSR count). The Balaban J connectivity index is 2.27. The highest BCUT2D eigenvalue weighted by Crippen LogP contribution is 2.37. The molecule has 0 aromatic heterocycles. The lowest BCUT2D eigenvalue weighted by molar-refractivity contribution is 0.269. The molecule has 2 aromatic rings. The van der Waals surface area contributed by atoms with Crippen molar-refractivity contribution >= 4 is 29.4 Å². The van der Waals surface area contributed by atoms with Gasteiger partial charge in [0.1, 0.15) is 6.61 Å². The van der Waals surface area contributed by atoms with Crippen molar-refractivity contribution in [3.63, 3.8) is 0 Å². The first kappa shape index (κ1) is 16.5. The molecule has 4 nitrogen and oxygen atoms in total. The third kappa shape index (κ3) is 4.06. The minimum Gasteiger partial charge on any atom is -0.490 e. The van der Waals surface area contributed by atoms with E-state index >= 15 is 0 Å². The molecule has 0 fully saturated rings. The number of nitrogens with zero attached hydrogens (tertiary/aromatic N) is 1. The molecule has 0 aliphatic heterocycles. The second-order valence-corrected chi connectivity index (χ2v) is 5.20. The molecule has 0 spiro atoms. The Morgan fingerprint density at radius 2 is 1.91 bits per heavy atom. The zero-order valence-corrected chi connectivity index (χ0v) is 13.4. The van der Waals surface area contributed by atoms with Crippen LogP contribution < -0.4 is 9.47 Å². The smallest absolute Gasteiger partial charge is 0.180 e. The maximum atomic E-state index is 8.62. The minimum absolute atomic E-state index is 0.271. The summed E-state index contributed by atoms with van der Waals surface area (Å²) in [5.41, 5.74) is 1.46. The number of rotatable bonds is 6. The summed E-state index contributed by atoms with van der Waals surface area (Å²) in [7, 11) is 0. The van der Waals surface area contributed by atoms with Crippen molar-refractivity contribution in [1.29, 1.82) is 0 Å². The van der Waals surface area contributed by atoms with Gasteiger partial charge in [-0.1, -0.05) is 46.6 Å². The number of hydrogen-bond acceptors (Lipinski definition) is 4. The number of benzene rings is 2. The van der Waals surface area contributed by atoms with Gasteiger partial charge in [-0.05, 0) is 25.1 Å². The van der Waals surface area contributed by atoms with E-state index in [1.807, 2.05) is 25.1 Å². The van der Waals surface area contributed by atoms with Gasteiger partial charge in [0, 0.05) is 16.1 Å². The molecule has 0 saturated carbocycles. The molecule has 0 radical (unpaired) electrons. The third-order valence-electron chi connectivity index (χ3n) is 2.87. The van der Waals surface area contributed by atoms with Crippen molar-refractivity contribution in [3.05, 3.63) is 57.6 Å². The Morgan fingerprint density at radius 3 is 2.59 bits per heavy atom. The van der Waals surface area contributed by atoms with Gasteiger partial charge in [0.2, 0.25) is 0 Å². The predicted molar refractivity (Wildman–Crippen MR) is 87.8 cm³/mol. The van der Waals surface area contributed by atoms with Crippen LogP contribution in [-0.4, -0.2) is 18.0 Å². The molecule has 0 bridgehead atoms. The van der Waals surface area contributed by atoms with E-state index in [0.29, 0.717) is 33.7 Å². The summed E-state index contributed by atoms with van der Waals surface area (Å²) in [4.78, 5) is 0. The number of ether oxygens (including phenoxy) is 2.